The maximum atomic E-state index is 4.32. The van der Waals surface area contributed by atoms with Crippen LogP contribution >= 0.6 is 0 Å². The number of nitrogens with zero attached hydrogens (tertiary/aromatic N) is 3. The van der Waals surface area contributed by atoms with Crippen molar-refractivity contribution >= 4 is 5.84 Å². The molecule has 0 bridgehead atoms. The van der Waals surface area contributed by atoms with Crippen molar-refractivity contribution in [2.45, 2.75) is 26.8 Å². The van der Waals surface area contributed by atoms with Gasteiger partial charge < -0.3 is 4.90 Å². The molecular weight excluding hydrogens is 174 g/mol. The predicted molar refractivity (Wildman–Crippen MR) is 61.6 cm³/mol. The van der Waals surface area contributed by atoms with Gasteiger partial charge in [0.2, 0.25) is 0 Å². The highest BCUT2D eigenvalue weighted by Crippen LogP contribution is 2.12. The second-order valence-electron chi connectivity index (χ2n) is 4.09. The molecule has 0 amide bonds. The standard InChI is InChI=1S/C11H21N3/c1-9(2)13-6-7-14(10(3)4)11(8-13)12-5/h9H,3,6-8H2,1-2,4-5H3/b12-11-. The summed E-state index contributed by atoms with van der Waals surface area (Å²) in [5.74, 6) is 1.14. The van der Waals surface area contributed by atoms with Crippen LogP contribution in [-0.4, -0.2) is 48.4 Å². The average Bonchev–Trinajstić information content (AvgIpc) is 2.16. The lowest BCUT2D eigenvalue weighted by molar-refractivity contribution is 0.206. The summed E-state index contributed by atoms with van der Waals surface area (Å²) in [5, 5.41) is 0. The Bertz CT molecular complexity index is 243. The van der Waals surface area contributed by atoms with Gasteiger partial charge in [0.05, 0.1) is 6.54 Å². The topological polar surface area (TPSA) is 18.8 Å². The van der Waals surface area contributed by atoms with E-state index in [1.54, 1.807) is 0 Å². The van der Waals surface area contributed by atoms with Gasteiger partial charge in [-0.25, -0.2) is 0 Å². The van der Waals surface area contributed by atoms with Crippen LogP contribution in [0.2, 0.25) is 0 Å². The summed E-state index contributed by atoms with van der Waals surface area (Å²) in [6.07, 6.45) is 0. The molecule has 3 heteroatoms. The van der Waals surface area contributed by atoms with Crippen LogP contribution in [0.5, 0.6) is 0 Å². The minimum Gasteiger partial charge on any atom is -0.332 e. The number of hydrogen-bond donors (Lipinski definition) is 0. The summed E-state index contributed by atoms with van der Waals surface area (Å²) in [7, 11) is 1.86. The molecule has 0 spiro atoms. The second kappa shape index (κ2) is 4.60. The van der Waals surface area contributed by atoms with Crippen LogP contribution in [0, 0.1) is 0 Å². The van der Waals surface area contributed by atoms with E-state index < -0.39 is 0 Å². The molecule has 0 aromatic carbocycles. The molecule has 0 aromatic heterocycles. The van der Waals surface area contributed by atoms with Crippen molar-refractivity contribution < 1.29 is 0 Å². The molecule has 0 aliphatic carbocycles. The molecule has 14 heavy (non-hydrogen) atoms. The molecular formula is C11H21N3. The molecule has 1 rings (SSSR count). The number of piperazine rings is 1. The summed E-state index contributed by atoms with van der Waals surface area (Å²) in [5.41, 5.74) is 1.09. The number of amidine groups is 1. The Hall–Kier alpha value is -0.830. The lowest BCUT2D eigenvalue weighted by atomic mass is 10.2. The Morgan fingerprint density at radius 1 is 1.43 bits per heavy atom. The summed E-state index contributed by atoms with van der Waals surface area (Å²) in [6.45, 7) is 13.5. The molecule has 80 valence electrons. The summed E-state index contributed by atoms with van der Waals surface area (Å²) < 4.78 is 0. The van der Waals surface area contributed by atoms with Gasteiger partial charge in [0.1, 0.15) is 5.84 Å². The maximum Gasteiger partial charge on any atom is 0.117 e. The molecule has 1 heterocycles. The summed E-state index contributed by atoms with van der Waals surface area (Å²) >= 11 is 0. The first-order chi connectivity index (χ1) is 6.56. The zero-order chi connectivity index (χ0) is 10.7. The third kappa shape index (κ3) is 2.35. The predicted octanol–water partition coefficient (Wildman–Crippen LogP) is 1.57. The molecule has 1 aliphatic rings. The first-order valence-electron chi connectivity index (χ1n) is 5.19. The fourth-order valence-electron chi connectivity index (χ4n) is 1.75. The van der Waals surface area contributed by atoms with Gasteiger partial charge in [-0.2, -0.15) is 0 Å². The van der Waals surface area contributed by atoms with Crippen molar-refractivity contribution in [3.8, 4) is 0 Å². The largest absolute Gasteiger partial charge is 0.332 e. The fraction of sp³-hybridized carbons (Fsp3) is 0.727. The van der Waals surface area contributed by atoms with E-state index in [0.717, 1.165) is 31.2 Å². The van der Waals surface area contributed by atoms with E-state index in [2.05, 4.69) is 35.2 Å². The first kappa shape index (κ1) is 11.2. The summed E-state index contributed by atoms with van der Waals surface area (Å²) in [4.78, 5) is 8.96. The van der Waals surface area contributed by atoms with Crippen molar-refractivity contribution in [2.75, 3.05) is 26.7 Å². The molecule has 1 aliphatic heterocycles. The van der Waals surface area contributed by atoms with Crippen LogP contribution in [0.25, 0.3) is 0 Å². The van der Waals surface area contributed by atoms with E-state index in [0.29, 0.717) is 6.04 Å². The Morgan fingerprint density at radius 3 is 2.50 bits per heavy atom. The second-order valence-corrected chi connectivity index (χ2v) is 4.09. The van der Waals surface area contributed by atoms with Crippen LogP contribution in [0.1, 0.15) is 20.8 Å². The Morgan fingerprint density at radius 2 is 2.07 bits per heavy atom. The van der Waals surface area contributed by atoms with Crippen molar-refractivity contribution in [2.24, 2.45) is 4.99 Å². The highest BCUT2D eigenvalue weighted by molar-refractivity contribution is 5.86. The smallest absolute Gasteiger partial charge is 0.117 e. The van der Waals surface area contributed by atoms with E-state index in [1.807, 2.05) is 14.0 Å². The molecule has 1 saturated heterocycles. The Labute approximate surface area is 87.1 Å². The Kier molecular flexibility index (Phi) is 3.69. The number of aliphatic imine (C=N–C) groups is 1. The number of rotatable bonds is 2. The molecule has 0 N–H and O–H groups in total. The van der Waals surface area contributed by atoms with Gasteiger partial charge in [0.25, 0.3) is 0 Å². The average molecular weight is 195 g/mol. The number of allylic oxidation sites excluding steroid dienone is 1. The van der Waals surface area contributed by atoms with Crippen molar-refractivity contribution in [1.29, 1.82) is 0 Å². The van der Waals surface area contributed by atoms with Crippen LogP contribution < -0.4 is 0 Å². The van der Waals surface area contributed by atoms with E-state index in [-0.39, 0.29) is 0 Å². The van der Waals surface area contributed by atoms with Crippen molar-refractivity contribution in [3.63, 3.8) is 0 Å². The van der Waals surface area contributed by atoms with Gasteiger partial charge in [-0.3, -0.25) is 9.89 Å². The maximum absolute atomic E-state index is 4.32. The van der Waals surface area contributed by atoms with Gasteiger partial charge in [-0.15, -0.1) is 0 Å². The van der Waals surface area contributed by atoms with Crippen LogP contribution in [0.15, 0.2) is 17.3 Å². The Balaban J connectivity index is 2.69. The minimum absolute atomic E-state index is 0.596. The van der Waals surface area contributed by atoms with Crippen LogP contribution in [0.3, 0.4) is 0 Å². The monoisotopic (exact) mass is 195 g/mol. The molecule has 0 radical (unpaired) electrons. The summed E-state index contributed by atoms with van der Waals surface area (Å²) in [6, 6.07) is 0.596. The van der Waals surface area contributed by atoms with Crippen LogP contribution in [0.4, 0.5) is 0 Å². The highest BCUT2D eigenvalue weighted by Gasteiger charge is 2.23. The lowest BCUT2D eigenvalue weighted by Gasteiger charge is -2.39. The molecule has 3 nitrogen and oxygen atoms in total. The highest BCUT2D eigenvalue weighted by atomic mass is 15.3. The zero-order valence-corrected chi connectivity index (χ0v) is 9.75. The van der Waals surface area contributed by atoms with E-state index in [1.165, 1.54) is 0 Å². The third-order valence-corrected chi connectivity index (χ3v) is 2.72. The van der Waals surface area contributed by atoms with E-state index >= 15 is 0 Å². The third-order valence-electron chi connectivity index (χ3n) is 2.72. The van der Waals surface area contributed by atoms with Gasteiger partial charge in [0.15, 0.2) is 0 Å². The number of hydrogen-bond acceptors (Lipinski definition) is 2. The van der Waals surface area contributed by atoms with Crippen molar-refractivity contribution in [1.82, 2.24) is 9.80 Å². The molecule has 0 atom stereocenters. The van der Waals surface area contributed by atoms with Gasteiger partial charge >= 0.3 is 0 Å². The normalized spacial score (nSPS) is 22.1. The molecule has 0 saturated carbocycles. The molecule has 1 fully saturated rings. The van der Waals surface area contributed by atoms with Crippen molar-refractivity contribution in [3.05, 3.63) is 12.3 Å². The molecule has 0 aromatic rings. The SMILES string of the molecule is C=C(C)N1CCN(C(C)C)C/C1=N/C. The van der Waals surface area contributed by atoms with E-state index in [4.69, 9.17) is 0 Å². The minimum atomic E-state index is 0.596. The van der Waals surface area contributed by atoms with Crippen LogP contribution in [-0.2, 0) is 0 Å². The first-order valence-corrected chi connectivity index (χ1v) is 5.19. The van der Waals surface area contributed by atoms with Gasteiger partial charge in [-0.05, 0) is 20.8 Å². The zero-order valence-electron chi connectivity index (χ0n) is 9.75. The van der Waals surface area contributed by atoms with Gasteiger partial charge in [0, 0.05) is 31.9 Å². The quantitative estimate of drug-likeness (QED) is 0.666. The van der Waals surface area contributed by atoms with Gasteiger partial charge in [-0.1, -0.05) is 6.58 Å². The molecule has 0 unspecified atom stereocenters. The van der Waals surface area contributed by atoms with E-state index in [9.17, 15) is 0 Å². The lowest BCUT2D eigenvalue weighted by Crippen LogP contribution is -2.51. The fourth-order valence-corrected chi connectivity index (χ4v) is 1.75.